The van der Waals surface area contributed by atoms with Crippen LogP contribution < -0.4 is 5.19 Å². The summed E-state index contributed by atoms with van der Waals surface area (Å²) in [5, 5.41) is 1.67. The third-order valence-electron chi connectivity index (χ3n) is 5.65. The number of rotatable bonds is 7. The van der Waals surface area contributed by atoms with Crippen LogP contribution in [0, 0.1) is 0 Å². The maximum atomic E-state index is 7.02. The Balaban J connectivity index is 3.30. The Kier molecular flexibility index (Phi) is 6.67. The molecule has 0 aliphatic rings. The molecule has 0 bridgehead atoms. The van der Waals surface area contributed by atoms with Crippen LogP contribution in [0.25, 0.3) is 0 Å². The van der Waals surface area contributed by atoms with E-state index in [4.69, 9.17) is 4.12 Å². The van der Waals surface area contributed by atoms with Crippen LogP contribution in [0.15, 0.2) is 42.6 Å². The molecule has 0 saturated heterocycles. The molecule has 1 rings (SSSR count). The molecule has 1 atom stereocenters. The highest BCUT2D eigenvalue weighted by Gasteiger charge is 2.49. The topological polar surface area (TPSA) is 12.5 Å². The predicted octanol–water partition coefficient (Wildman–Crippen LogP) is 5.24. The predicted molar refractivity (Wildman–Crippen MR) is 116 cm³/mol. The highest BCUT2D eigenvalue weighted by molar-refractivity contribution is 7.00. The standard InChI is InChI=1S/C19H37NOSi3/c1-11-20(22(6,7)18-16-14-13-15-17-18)24(10,12-2)21-23(8,9)19(3,4)5/h12-17H,2,11H2,1,3-10H3. The first-order chi connectivity index (χ1) is 10.8. The van der Waals surface area contributed by atoms with Gasteiger partial charge in [0.05, 0.1) is 0 Å². The van der Waals surface area contributed by atoms with E-state index in [9.17, 15) is 0 Å². The zero-order valence-electron chi connectivity index (χ0n) is 17.2. The van der Waals surface area contributed by atoms with Crippen molar-refractivity contribution in [2.45, 2.75) is 65.5 Å². The summed E-state index contributed by atoms with van der Waals surface area (Å²) in [5.41, 5.74) is 2.15. The van der Waals surface area contributed by atoms with E-state index in [1.165, 1.54) is 5.19 Å². The molecule has 0 aliphatic heterocycles. The number of hydrogen-bond donors (Lipinski definition) is 0. The third-order valence-corrected chi connectivity index (χ3v) is 21.5. The average Bonchev–Trinajstić information content (AvgIpc) is 2.46. The normalized spacial score (nSPS) is 16.1. The van der Waals surface area contributed by atoms with Gasteiger partial charge in [0.2, 0.25) is 0 Å². The summed E-state index contributed by atoms with van der Waals surface area (Å²) >= 11 is 0. The molecule has 0 amide bonds. The molecule has 1 unspecified atom stereocenters. The van der Waals surface area contributed by atoms with Gasteiger partial charge in [0.15, 0.2) is 8.32 Å². The molecule has 0 radical (unpaired) electrons. The molecule has 0 saturated carbocycles. The van der Waals surface area contributed by atoms with Crippen molar-refractivity contribution in [2.75, 3.05) is 6.54 Å². The lowest BCUT2D eigenvalue weighted by molar-refractivity contribution is 0.433. The van der Waals surface area contributed by atoms with E-state index in [1.54, 1.807) is 0 Å². The van der Waals surface area contributed by atoms with Crippen molar-refractivity contribution in [3.05, 3.63) is 42.6 Å². The van der Waals surface area contributed by atoms with E-state index in [0.717, 1.165) is 6.54 Å². The number of hydrogen-bond acceptors (Lipinski definition) is 2. The lowest BCUT2D eigenvalue weighted by atomic mass is 10.2. The highest BCUT2D eigenvalue weighted by Crippen LogP contribution is 2.39. The molecule has 2 nitrogen and oxygen atoms in total. The van der Waals surface area contributed by atoms with Crippen LogP contribution in [-0.4, -0.2) is 35.8 Å². The fourth-order valence-electron chi connectivity index (χ4n) is 3.14. The minimum atomic E-state index is -2.20. The molecule has 0 aliphatic carbocycles. The van der Waals surface area contributed by atoms with Crippen molar-refractivity contribution in [1.82, 2.24) is 4.23 Å². The Hall–Kier alpha value is -0.469. The summed E-state index contributed by atoms with van der Waals surface area (Å²) < 4.78 is 9.72. The maximum Gasteiger partial charge on any atom is 0.277 e. The second-order valence-electron chi connectivity index (χ2n) is 8.79. The van der Waals surface area contributed by atoms with Gasteiger partial charge in [-0.05, 0) is 36.4 Å². The van der Waals surface area contributed by atoms with Gasteiger partial charge in [0.1, 0.15) is 8.24 Å². The number of nitrogens with zero attached hydrogens (tertiary/aromatic N) is 1. The van der Waals surface area contributed by atoms with Gasteiger partial charge in [-0.3, -0.25) is 0 Å². The Morgan fingerprint density at radius 3 is 1.92 bits per heavy atom. The second kappa shape index (κ2) is 7.42. The van der Waals surface area contributed by atoms with Gasteiger partial charge >= 0.3 is 0 Å². The largest absolute Gasteiger partial charge is 0.441 e. The molecule has 0 fully saturated rings. The molecule has 24 heavy (non-hydrogen) atoms. The van der Waals surface area contributed by atoms with Crippen LogP contribution in [-0.2, 0) is 4.12 Å². The lowest BCUT2D eigenvalue weighted by Gasteiger charge is -2.51. The van der Waals surface area contributed by atoms with Crippen LogP contribution in [0.2, 0.25) is 37.8 Å². The molecular formula is C19H37NOSi3. The smallest absolute Gasteiger partial charge is 0.277 e. The maximum absolute atomic E-state index is 7.02. The molecule has 0 aromatic heterocycles. The zero-order valence-corrected chi connectivity index (χ0v) is 20.2. The van der Waals surface area contributed by atoms with Crippen molar-refractivity contribution < 1.29 is 4.12 Å². The van der Waals surface area contributed by atoms with E-state index >= 15 is 0 Å². The SMILES string of the molecule is C=C[Si](C)(O[Si](C)(C)C(C)(C)C)N(CC)[Si](C)(C)c1ccccc1. The Morgan fingerprint density at radius 1 is 1.04 bits per heavy atom. The minimum Gasteiger partial charge on any atom is -0.441 e. The van der Waals surface area contributed by atoms with Gasteiger partial charge in [-0.25, -0.2) is 0 Å². The lowest BCUT2D eigenvalue weighted by Crippen LogP contribution is -2.71. The van der Waals surface area contributed by atoms with Gasteiger partial charge in [0, 0.05) is 0 Å². The zero-order chi connectivity index (χ0) is 18.8. The van der Waals surface area contributed by atoms with Crippen LogP contribution in [0.4, 0.5) is 0 Å². The molecular weight excluding hydrogens is 342 g/mol. The Labute approximate surface area is 153 Å². The Morgan fingerprint density at radius 2 is 1.54 bits per heavy atom. The molecule has 1 aromatic carbocycles. The molecule has 5 heteroatoms. The molecule has 0 spiro atoms. The second-order valence-corrected chi connectivity index (χ2v) is 21.9. The molecule has 0 heterocycles. The third kappa shape index (κ3) is 4.38. The summed E-state index contributed by atoms with van der Waals surface area (Å²) in [5.74, 6) is 0. The summed E-state index contributed by atoms with van der Waals surface area (Å²) in [6.07, 6.45) is 0. The van der Waals surface area contributed by atoms with Crippen LogP contribution in [0.3, 0.4) is 0 Å². The van der Waals surface area contributed by atoms with Gasteiger partial charge in [-0.2, -0.15) is 0 Å². The summed E-state index contributed by atoms with van der Waals surface area (Å²) in [6, 6.07) is 11.0. The van der Waals surface area contributed by atoms with Gasteiger partial charge in [-0.1, -0.05) is 76.8 Å². The minimum absolute atomic E-state index is 0.210. The molecule has 136 valence electrons. The quantitative estimate of drug-likeness (QED) is 0.601. The number of benzene rings is 1. The highest BCUT2D eigenvalue weighted by atomic mass is 28.5. The van der Waals surface area contributed by atoms with Crippen LogP contribution in [0.5, 0.6) is 0 Å². The van der Waals surface area contributed by atoms with Crippen molar-refractivity contribution in [2.24, 2.45) is 0 Å². The van der Waals surface area contributed by atoms with Crippen LogP contribution >= 0.6 is 0 Å². The van der Waals surface area contributed by atoms with Crippen molar-refractivity contribution in [3.8, 4) is 0 Å². The van der Waals surface area contributed by atoms with Gasteiger partial charge < -0.3 is 8.35 Å². The van der Waals surface area contributed by atoms with Crippen LogP contribution in [0.1, 0.15) is 27.7 Å². The van der Waals surface area contributed by atoms with Gasteiger partial charge in [0.25, 0.3) is 8.48 Å². The Bertz CT molecular complexity index is 551. The first-order valence-corrected chi connectivity index (χ1v) is 17.3. The first-order valence-electron chi connectivity index (χ1n) is 8.99. The van der Waals surface area contributed by atoms with Crippen molar-refractivity contribution >= 4 is 30.2 Å². The summed E-state index contributed by atoms with van der Waals surface area (Å²) in [7, 11) is -5.85. The van der Waals surface area contributed by atoms with E-state index in [0.29, 0.717) is 0 Å². The van der Waals surface area contributed by atoms with E-state index in [1.807, 2.05) is 0 Å². The summed E-state index contributed by atoms with van der Waals surface area (Å²) in [6.45, 7) is 26.4. The molecule has 0 N–H and O–H groups in total. The fourth-order valence-corrected chi connectivity index (χ4v) is 17.7. The van der Waals surface area contributed by atoms with E-state index < -0.39 is 25.0 Å². The first kappa shape index (κ1) is 21.6. The van der Waals surface area contributed by atoms with Crippen molar-refractivity contribution in [3.63, 3.8) is 0 Å². The molecule has 1 aromatic rings. The average molecular weight is 380 g/mol. The van der Waals surface area contributed by atoms with E-state index in [2.05, 4.69) is 107 Å². The monoisotopic (exact) mass is 379 g/mol. The van der Waals surface area contributed by atoms with Crippen molar-refractivity contribution in [1.29, 1.82) is 0 Å². The van der Waals surface area contributed by atoms with Gasteiger partial charge in [-0.15, -0.1) is 6.58 Å². The van der Waals surface area contributed by atoms with E-state index in [-0.39, 0.29) is 5.04 Å². The fraction of sp³-hybridized carbons (Fsp3) is 0.579. The summed E-state index contributed by atoms with van der Waals surface area (Å²) in [4.78, 5) is 0.